The summed E-state index contributed by atoms with van der Waals surface area (Å²) in [5.41, 5.74) is 1.03. The number of fused-ring (bicyclic) bond motifs is 4. The molecule has 3 saturated heterocycles. The molecule has 2 aromatic heterocycles. The van der Waals surface area contributed by atoms with Crippen LogP contribution in [0.4, 0.5) is 14.6 Å². The van der Waals surface area contributed by atoms with Crippen molar-refractivity contribution in [2.45, 2.75) is 43.8 Å². The fraction of sp³-hybridized carbons (Fsp3) is 0.448. The second-order valence-electron chi connectivity index (χ2n) is 11.0. The summed E-state index contributed by atoms with van der Waals surface area (Å²) in [6, 6.07) is 7.86. The van der Waals surface area contributed by atoms with Gasteiger partial charge in [-0.05, 0) is 51.4 Å². The number of anilines is 1. The molecule has 3 aliphatic rings. The predicted molar refractivity (Wildman–Crippen MR) is 147 cm³/mol. The molecule has 204 valence electrons. The molecule has 2 bridgehead atoms. The summed E-state index contributed by atoms with van der Waals surface area (Å²) < 4.78 is 43.8. The molecule has 0 aliphatic carbocycles. The highest BCUT2D eigenvalue weighted by Gasteiger charge is 2.34. The number of aromatic amines is 1. The number of piperazine rings is 1. The summed E-state index contributed by atoms with van der Waals surface area (Å²) in [4.78, 5) is 16.8. The van der Waals surface area contributed by atoms with Gasteiger partial charge in [0.05, 0.1) is 18.2 Å². The van der Waals surface area contributed by atoms with Gasteiger partial charge in [-0.25, -0.2) is 8.78 Å². The van der Waals surface area contributed by atoms with E-state index < -0.39 is 11.6 Å². The van der Waals surface area contributed by atoms with Crippen LogP contribution in [0.2, 0.25) is 0 Å². The van der Waals surface area contributed by atoms with Crippen LogP contribution >= 0.6 is 0 Å². The lowest BCUT2D eigenvalue weighted by molar-refractivity contribution is 0.188. The molecule has 2 aromatic carbocycles. The number of H-pyrrole nitrogens is 1. The van der Waals surface area contributed by atoms with E-state index in [9.17, 15) is 0 Å². The SMILES string of the molecule is COc1cccc2c(-c3c(F)cc4c(N5C[C@H]6CC[C@@H](C5)N6)nc(OC[C@@H]5CCCN5C)nc4c3F)c[nH]c12. The smallest absolute Gasteiger partial charge is 0.319 e. The molecular weight excluding hydrogens is 502 g/mol. The van der Waals surface area contributed by atoms with Crippen molar-refractivity contribution < 1.29 is 18.3 Å². The van der Waals surface area contributed by atoms with Gasteiger partial charge in [0.1, 0.15) is 29.5 Å². The minimum Gasteiger partial charge on any atom is -0.495 e. The number of likely N-dealkylation sites (N-methyl/N-ethyl adjacent to an activating group) is 1. The first-order chi connectivity index (χ1) is 19.0. The van der Waals surface area contributed by atoms with Gasteiger partial charge in [0.2, 0.25) is 0 Å². The van der Waals surface area contributed by atoms with Crippen LogP contribution in [0.5, 0.6) is 11.8 Å². The third-order valence-electron chi connectivity index (χ3n) is 8.60. The maximum absolute atomic E-state index is 16.4. The molecule has 0 saturated carbocycles. The monoisotopic (exact) mass is 534 g/mol. The Morgan fingerprint density at radius 1 is 1.08 bits per heavy atom. The predicted octanol–water partition coefficient (Wildman–Crippen LogP) is 4.48. The molecule has 7 rings (SSSR count). The van der Waals surface area contributed by atoms with Crippen LogP contribution in [0, 0.1) is 11.6 Å². The Morgan fingerprint density at radius 3 is 2.64 bits per heavy atom. The number of methoxy groups -OCH3 is 1. The van der Waals surface area contributed by atoms with Gasteiger partial charge in [0, 0.05) is 53.7 Å². The summed E-state index contributed by atoms with van der Waals surface area (Å²) in [5, 5.41) is 4.64. The van der Waals surface area contributed by atoms with Crippen molar-refractivity contribution in [1.29, 1.82) is 0 Å². The quantitative estimate of drug-likeness (QED) is 0.378. The molecule has 2 N–H and O–H groups in total. The van der Waals surface area contributed by atoms with E-state index in [1.54, 1.807) is 25.4 Å². The van der Waals surface area contributed by atoms with Gasteiger partial charge in [-0.2, -0.15) is 9.97 Å². The van der Waals surface area contributed by atoms with E-state index in [4.69, 9.17) is 14.5 Å². The fourth-order valence-electron chi connectivity index (χ4n) is 6.55. The molecule has 0 unspecified atom stereocenters. The van der Waals surface area contributed by atoms with Crippen molar-refractivity contribution in [2.24, 2.45) is 0 Å². The molecule has 0 spiro atoms. The van der Waals surface area contributed by atoms with Crippen LogP contribution in [0.15, 0.2) is 30.5 Å². The van der Waals surface area contributed by atoms with Crippen molar-refractivity contribution in [1.82, 2.24) is 25.2 Å². The third kappa shape index (κ3) is 4.17. The van der Waals surface area contributed by atoms with Gasteiger partial charge in [-0.1, -0.05) is 12.1 Å². The summed E-state index contributed by atoms with van der Waals surface area (Å²) in [7, 11) is 3.65. The molecule has 5 heterocycles. The number of hydrogen-bond donors (Lipinski definition) is 2. The Kier molecular flexibility index (Phi) is 6.04. The molecule has 8 nitrogen and oxygen atoms in total. The average molecular weight is 535 g/mol. The zero-order valence-electron chi connectivity index (χ0n) is 22.1. The van der Waals surface area contributed by atoms with Gasteiger partial charge >= 0.3 is 6.01 Å². The number of halogens is 2. The summed E-state index contributed by atoms with van der Waals surface area (Å²) >= 11 is 0. The van der Waals surface area contributed by atoms with Crippen molar-refractivity contribution in [3.05, 3.63) is 42.1 Å². The fourth-order valence-corrected chi connectivity index (χ4v) is 6.55. The lowest BCUT2D eigenvalue weighted by atomic mass is 10.0. The van der Waals surface area contributed by atoms with Gasteiger partial charge < -0.3 is 29.6 Å². The molecule has 3 atom stereocenters. The highest BCUT2D eigenvalue weighted by Crippen LogP contribution is 2.40. The first kappa shape index (κ1) is 24.5. The third-order valence-corrected chi connectivity index (χ3v) is 8.60. The molecule has 0 radical (unpaired) electrons. The minimum atomic E-state index is -0.724. The van der Waals surface area contributed by atoms with E-state index in [-0.39, 0.29) is 23.1 Å². The molecule has 0 amide bonds. The lowest BCUT2D eigenvalue weighted by Gasteiger charge is -2.34. The van der Waals surface area contributed by atoms with Gasteiger partial charge in [0.25, 0.3) is 0 Å². The van der Waals surface area contributed by atoms with E-state index in [0.717, 1.165) is 45.3 Å². The maximum atomic E-state index is 16.4. The largest absolute Gasteiger partial charge is 0.495 e. The Morgan fingerprint density at radius 2 is 1.90 bits per heavy atom. The second kappa shape index (κ2) is 9.60. The van der Waals surface area contributed by atoms with E-state index >= 15 is 8.78 Å². The number of aromatic nitrogens is 3. The minimum absolute atomic E-state index is 0.0642. The number of para-hydroxylation sites is 1. The Bertz CT molecular complexity index is 1550. The van der Waals surface area contributed by atoms with E-state index in [1.165, 1.54) is 6.07 Å². The zero-order chi connectivity index (χ0) is 26.7. The number of hydrogen-bond acceptors (Lipinski definition) is 7. The molecule has 10 heteroatoms. The maximum Gasteiger partial charge on any atom is 0.319 e. The molecule has 3 aliphatic heterocycles. The summed E-state index contributed by atoms with van der Waals surface area (Å²) in [6.07, 6.45) is 5.93. The molecule has 4 aromatic rings. The number of nitrogens with zero attached hydrogens (tertiary/aromatic N) is 4. The highest BCUT2D eigenvalue weighted by atomic mass is 19.1. The van der Waals surface area contributed by atoms with Gasteiger partial charge in [0.15, 0.2) is 5.82 Å². The number of rotatable bonds is 6. The Balaban J connectivity index is 1.36. The van der Waals surface area contributed by atoms with Crippen molar-refractivity contribution in [3.63, 3.8) is 0 Å². The molecule has 3 fully saturated rings. The zero-order valence-corrected chi connectivity index (χ0v) is 22.1. The van der Waals surface area contributed by atoms with E-state index in [0.29, 0.717) is 52.1 Å². The average Bonchev–Trinajstić information content (AvgIpc) is 3.65. The van der Waals surface area contributed by atoms with Crippen LogP contribution in [-0.2, 0) is 0 Å². The Hall–Kier alpha value is -3.50. The van der Waals surface area contributed by atoms with Crippen LogP contribution in [0.1, 0.15) is 25.7 Å². The van der Waals surface area contributed by atoms with Crippen LogP contribution < -0.4 is 19.7 Å². The normalized spacial score (nSPS) is 23.3. The van der Waals surface area contributed by atoms with E-state index in [1.807, 2.05) is 6.07 Å². The first-order valence-electron chi connectivity index (χ1n) is 13.7. The summed E-state index contributed by atoms with van der Waals surface area (Å²) in [5.74, 6) is -0.254. The van der Waals surface area contributed by atoms with Crippen LogP contribution in [0.25, 0.3) is 32.9 Å². The van der Waals surface area contributed by atoms with E-state index in [2.05, 4.69) is 32.1 Å². The summed E-state index contributed by atoms with van der Waals surface area (Å²) in [6.45, 7) is 2.89. The van der Waals surface area contributed by atoms with Gasteiger partial charge in [-0.3, -0.25) is 0 Å². The standard InChI is InChI=1S/C29H32F2N6O2/c1-36-10-4-5-18(36)15-39-29-34-27-20(28(35-29)37-13-16-8-9-17(14-37)33-16)11-22(30)24(25(27)31)21-12-32-26-19(21)6-3-7-23(26)38-2/h3,6-7,11-12,16-18,32-33H,4-5,8-10,13-15H2,1-2H3/t16-,17+,18-/m0/s1. The van der Waals surface area contributed by atoms with Crippen molar-refractivity contribution >= 4 is 27.6 Å². The van der Waals surface area contributed by atoms with Crippen LogP contribution in [-0.4, -0.2) is 78.4 Å². The van der Waals surface area contributed by atoms with Gasteiger partial charge in [-0.15, -0.1) is 0 Å². The van der Waals surface area contributed by atoms with Crippen molar-refractivity contribution in [2.75, 3.05) is 45.3 Å². The first-order valence-corrected chi connectivity index (χ1v) is 13.7. The number of nitrogens with one attached hydrogen (secondary N) is 2. The number of benzene rings is 2. The topological polar surface area (TPSA) is 78.5 Å². The number of likely N-dealkylation sites (tertiary alicyclic amines) is 1. The lowest BCUT2D eigenvalue weighted by Crippen LogP contribution is -2.51. The Labute approximate surface area is 225 Å². The van der Waals surface area contributed by atoms with Crippen molar-refractivity contribution in [3.8, 4) is 22.9 Å². The molecular formula is C29H32F2N6O2. The van der Waals surface area contributed by atoms with Crippen LogP contribution in [0.3, 0.4) is 0 Å². The molecule has 39 heavy (non-hydrogen) atoms. The number of ether oxygens (including phenoxy) is 2. The second-order valence-corrected chi connectivity index (χ2v) is 11.0. The highest BCUT2D eigenvalue weighted by molar-refractivity contribution is 6.01.